The molecule has 146 valence electrons. The highest BCUT2D eigenvalue weighted by Crippen LogP contribution is 2.29. The molecule has 6 heteroatoms. The van der Waals surface area contributed by atoms with Crippen LogP contribution in [-0.2, 0) is 11.3 Å². The van der Waals surface area contributed by atoms with Gasteiger partial charge in [-0.2, -0.15) is 0 Å². The molecule has 0 aliphatic carbocycles. The molecule has 2 aromatic rings. The summed E-state index contributed by atoms with van der Waals surface area (Å²) in [5.74, 6) is -0.134. The molecule has 2 aromatic carbocycles. The van der Waals surface area contributed by atoms with Gasteiger partial charge in [0.25, 0.3) is 5.91 Å². The summed E-state index contributed by atoms with van der Waals surface area (Å²) < 4.78 is 0. The van der Waals surface area contributed by atoms with Crippen molar-refractivity contribution in [1.82, 2.24) is 10.2 Å². The highest BCUT2D eigenvalue weighted by Gasteiger charge is 2.23. The number of fused-ring (bicyclic) bond motifs is 1. The number of rotatable bonds is 4. The van der Waals surface area contributed by atoms with E-state index in [0.717, 1.165) is 38.2 Å². The number of benzene rings is 2. The topological polar surface area (TPSA) is 64.7 Å². The first kappa shape index (κ1) is 18.5. The van der Waals surface area contributed by atoms with Crippen molar-refractivity contribution < 1.29 is 9.59 Å². The van der Waals surface area contributed by atoms with Gasteiger partial charge in [-0.15, -0.1) is 0 Å². The number of nitrogens with zero attached hydrogens (tertiary/aromatic N) is 2. The molecule has 0 aromatic heterocycles. The predicted octanol–water partition coefficient (Wildman–Crippen LogP) is 2.47. The number of anilines is 2. The van der Waals surface area contributed by atoms with Crippen LogP contribution < -0.4 is 15.5 Å². The Morgan fingerprint density at radius 2 is 1.89 bits per heavy atom. The zero-order valence-electron chi connectivity index (χ0n) is 16.1. The van der Waals surface area contributed by atoms with Crippen molar-refractivity contribution in [3.8, 4) is 0 Å². The Morgan fingerprint density at radius 3 is 2.64 bits per heavy atom. The van der Waals surface area contributed by atoms with E-state index in [4.69, 9.17) is 0 Å². The van der Waals surface area contributed by atoms with Crippen LogP contribution in [0.1, 0.15) is 28.8 Å². The molecule has 1 saturated heterocycles. The molecular formula is C22H26N4O2. The number of piperidine rings is 1. The smallest absolute Gasteiger partial charge is 0.251 e. The fraction of sp³-hybridized carbons (Fsp3) is 0.364. The first-order chi connectivity index (χ1) is 13.6. The van der Waals surface area contributed by atoms with E-state index in [1.54, 1.807) is 6.07 Å². The Kier molecular flexibility index (Phi) is 5.30. The maximum absolute atomic E-state index is 12.7. The SMILES string of the molecule is CN1CC(=O)Nc2cc(C(=O)NC3CCN(Cc4ccccc4)CC3)ccc21. The fourth-order valence-corrected chi connectivity index (χ4v) is 3.95. The van der Waals surface area contributed by atoms with E-state index in [1.165, 1.54) is 5.56 Å². The summed E-state index contributed by atoms with van der Waals surface area (Å²) in [5.41, 5.74) is 3.54. The van der Waals surface area contributed by atoms with E-state index in [2.05, 4.69) is 39.8 Å². The van der Waals surface area contributed by atoms with Crippen LogP contribution in [0, 0.1) is 0 Å². The Morgan fingerprint density at radius 1 is 1.14 bits per heavy atom. The molecule has 2 N–H and O–H groups in total. The van der Waals surface area contributed by atoms with E-state index in [9.17, 15) is 9.59 Å². The third-order valence-corrected chi connectivity index (χ3v) is 5.50. The molecular weight excluding hydrogens is 352 g/mol. The molecule has 0 spiro atoms. The minimum absolute atomic E-state index is 0.0571. The summed E-state index contributed by atoms with van der Waals surface area (Å²) in [5, 5.41) is 6.01. The number of carbonyl (C=O) groups excluding carboxylic acids is 2. The molecule has 1 fully saturated rings. The van der Waals surface area contributed by atoms with Crippen molar-refractivity contribution in [3.05, 3.63) is 59.7 Å². The average Bonchev–Trinajstić information content (AvgIpc) is 2.69. The van der Waals surface area contributed by atoms with Gasteiger partial charge in [-0.05, 0) is 36.6 Å². The van der Waals surface area contributed by atoms with Gasteiger partial charge in [0.1, 0.15) is 0 Å². The zero-order chi connectivity index (χ0) is 19.5. The van der Waals surface area contributed by atoms with Gasteiger partial charge in [-0.3, -0.25) is 14.5 Å². The summed E-state index contributed by atoms with van der Waals surface area (Å²) in [4.78, 5) is 28.7. The van der Waals surface area contributed by atoms with Crippen LogP contribution in [0.4, 0.5) is 11.4 Å². The van der Waals surface area contributed by atoms with Crippen LogP contribution in [0.5, 0.6) is 0 Å². The number of hydrogen-bond donors (Lipinski definition) is 2. The van der Waals surface area contributed by atoms with Gasteiger partial charge in [0.05, 0.1) is 17.9 Å². The molecule has 0 atom stereocenters. The third-order valence-electron chi connectivity index (χ3n) is 5.50. The normalized spacial score (nSPS) is 17.8. The van der Waals surface area contributed by atoms with E-state index >= 15 is 0 Å². The number of carbonyl (C=O) groups is 2. The molecule has 0 bridgehead atoms. The van der Waals surface area contributed by atoms with Gasteiger partial charge >= 0.3 is 0 Å². The molecule has 2 aliphatic heterocycles. The lowest BCUT2D eigenvalue weighted by Gasteiger charge is -2.32. The van der Waals surface area contributed by atoms with Gasteiger partial charge in [0, 0.05) is 38.3 Å². The summed E-state index contributed by atoms with van der Waals surface area (Å²) in [7, 11) is 1.88. The van der Waals surface area contributed by atoms with E-state index in [-0.39, 0.29) is 17.9 Å². The zero-order valence-corrected chi connectivity index (χ0v) is 16.1. The van der Waals surface area contributed by atoms with Crippen molar-refractivity contribution in [2.24, 2.45) is 0 Å². The first-order valence-electron chi connectivity index (χ1n) is 9.80. The van der Waals surface area contributed by atoms with Crippen LogP contribution >= 0.6 is 0 Å². The summed E-state index contributed by atoms with van der Waals surface area (Å²) in [6, 6.07) is 16.2. The minimum atomic E-state index is -0.0771. The maximum atomic E-state index is 12.7. The first-order valence-corrected chi connectivity index (χ1v) is 9.80. The number of hydrogen-bond acceptors (Lipinski definition) is 4. The number of amides is 2. The van der Waals surface area contributed by atoms with Gasteiger partial charge in [-0.1, -0.05) is 30.3 Å². The van der Waals surface area contributed by atoms with Crippen LogP contribution in [0.3, 0.4) is 0 Å². The second kappa shape index (κ2) is 8.02. The summed E-state index contributed by atoms with van der Waals surface area (Å²) in [6.07, 6.45) is 1.89. The molecule has 28 heavy (non-hydrogen) atoms. The number of nitrogens with one attached hydrogen (secondary N) is 2. The minimum Gasteiger partial charge on any atom is -0.364 e. The fourth-order valence-electron chi connectivity index (χ4n) is 3.95. The van der Waals surface area contributed by atoms with Crippen molar-refractivity contribution in [1.29, 1.82) is 0 Å². The third kappa shape index (κ3) is 4.17. The number of likely N-dealkylation sites (N-methyl/N-ethyl adjacent to an activating group) is 1. The lowest BCUT2D eigenvalue weighted by Crippen LogP contribution is -2.44. The molecule has 0 unspecified atom stereocenters. The van der Waals surface area contributed by atoms with Crippen LogP contribution in [0.25, 0.3) is 0 Å². The van der Waals surface area contributed by atoms with Crippen molar-refractivity contribution >= 4 is 23.2 Å². The Balaban J connectivity index is 1.32. The van der Waals surface area contributed by atoms with Gasteiger partial charge in [0.15, 0.2) is 0 Å². The van der Waals surface area contributed by atoms with Crippen LogP contribution in [0.15, 0.2) is 48.5 Å². The molecule has 4 rings (SSSR count). The highest BCUT2D eigenvalue weighted by molar-refractivity contribution is 6.03. The number of likely N-dealkylation sites (tertiary alicyclic amines) is 1. The maximum Gasteiger partial charge on any atom is 0.251 e. The molecule has 6 nitrogen and oxygen atoms in total. The monoisotopic (exact) mass is 378 g/mol. The van der Waals surface area contributed by atoms with E-state index in [1.807, 2.05) is 30.1 Å². The van der Waals surface area contributed by atoms with Gasteiger partial charge in [-0.25, -0.2) is 0 Å². The molecule has 0 saturated carbocycles. The van der Waals surface area contributed by atoms with E-state index < -0.39 is 0 Å². The molecule has 0 radical (unpaired) electrons. The quantitative estimate of drug-likeness (QED) is 0.858. The highest BCUT2D eigenvalue weighted by atomic mass is 16.2. The Hall–Kier alpha value is -2.86. The molecule has 2 heterocycles. The molecule has 2 aliphatic rings. The standard InChI is InChI=1S/C22H26N4O2/c1-25-15-21(27)24-19-13-17(7-8-20(19)25)22(28)23-18-9-11-26(12-10-18)14-16-5-3-2-4-6-16/h2-8,13,18H,9-12,14-15H2,1H3,(H,23,28)(H,24,27). The lowest BCUT2D eigenvalue weighted by atomic mass is 10.0. The van der Waals surface area contributed by atoms with Crippen LogP contribution in [-0.4, -0.2) is 49.4 Å². The van der Waals surface area contributed by atoms with Crippen molar-refractivity contribution in [2.45, 2.75) is 25.4 Å². The average molecular weight is 378 g/mol. The van der Waals surface area contributed by atoms with Gasteiger partial charge in [0.2, 0.25) is 5.91 Å². The Labute approximate surface area is 165 Å². The molecule has 2 amide bonds. The Bertz CT molecular complexity index is 860. The largest absolute Gasteiger partial charge is 0.364 e. The second-order valence-electron chi connectivity index (χ2n) is 7.65. The predicted molar refractivity (Wildman–Crippen MR) is 111 cm³/mol. The lowest BCUT2D eigenvalue weighted by molar-refractivity contribution is -0.115. The summed E-state index contributed by atoms with van der Waals surface area (Å²) >= 11 is 0. The second-order valence-corrected chi connectivity index (χ2v) is 7.65. The summed E-state index contributed by atoms with van der Waals surface area (Å²) in [6.45, 7) is 3.25. The van der Waals surface area contributed by atoms with Crippen molar-refractivity contribution in [2.75, 3.05) is 36.9 Å². The van der Waals surface area contributed by atoms with Crippen molar-refractivity contribution in [3.63, 3.8) is 0 Å². The van der Waals surface area contributed by atoms with Gasteiger partial charge < -0.3 is 15.5 Å². The van der Waals surface area contributed by atoms with Crippen LogP contribution in [0.2, 0.25) is 0 Å². The van der Waals surface area contributed by atoms with E-state index in [0.29, 0.717) is 17.8 Å².